The first-order chi connectivity index (χ1) is 9.41. The number of ether oxygens (including phenoxy) is 1. The van der Waals surface area contributed by atoms with Gasteiger partial charge in [-0.25, -0.2) is 4.39 Å². The van der Waals surface area contributed by atoms with Crippen molar-refractivity contribution < 1.29 is 14.1 Å². The molecular weight excluding hydrogens is 265 g/mol. The Bertz CT molecular complexity index is 466. The lowest BCUT2D eigenvalue weighted by molar-refractivity contribution is -0.384. The number of nitrogens with one attached hydrogen (secondary N) is 1. The predicted molar refractivity (Wildman–Crippen MR) is 75.7 cm³/mol. The van der Waals surface area contributed by atoms with E-state index in [1.165, 1.54) is 6.07 Å². The quantitative estimate of drug-likeness (QED) is 0.450. The highest BCUT2D eigenvalue weighted by molar-refractivity contribution is 5.63. The summed E-state index contributed by atoms with van der Waals surface area (Å²) in [6.45, 7) is 3.84. The van der Waals surface area contributed by atoms with E-state index in [2.05, 4.69) is 5.32 Å². The Labute approximate surface area is 117 Å². The molecule has 0 radical (unpaired) electrons. The van der Waals surface area contributed by atoms with Crippen LogP contribution in [0.15, 0.2) is 12.1 Å². The Morgan fingerprint density at radius 1 is 1.40 bits per heavy atom. The van der Waals surface area contributed by atoms with Crippen LogP contribution >= 0.6 is 0 Å². The minimum Gasteiger partial charge on any atom is -0.378 e. The van der Waals surface area contributed by atoms with Crippen molar-refractivity contribution in [2.75, 3.05) is 45.7 Å². The number of benzene rings is 1. The zero-order chi connectivity index (χ0) is 15.1. The van der Waals surface area contributed by atoms with Crippen LogP contribution in [0.1, 0.15) is 5.56 Å². The molecular formula is C13H20FN3O3. The monoisotopic (exact) mass is 285 g/mol. The minimum absolute atomic E-state index is 0.263. The molecule has 0 aromatic heterocycles. The van der Waals surface area contributed by atoms with Crippen LogP contribution in [0.3, 0.4) is 0 Å². The van der Waals surface area contributed by atoms with Crippen LogP contribution in [0.5, 0.6) is 0 Å². The molecule has 0 aliphatic rings. The lowest BCUT2D eigenvalue weighted by atomic mass is 10.2. The molecule has 0 aliphatic heterocycles. The zero-order valence-corrected chi connectivity index (χ0v) is 12.0. The van der Waals surface area contributed by atoms with Gasteiger partial charge >= 0.3 is 0 Å². The highest BCUT2D eigenvalue weighted by atomic mass is 19.1. The number of nitro groups is 1. The second kappa shape index (κ2) is 7.76. The highest BCUT2D eigenvalue weighted by Crippen LogP contribution is 2.27. The van der Waals surface area contributed by atoms with Gasteiger partial charge in [-0.15, -0.1) is 0 Å². The molecule has 0 bridgehead atoms. The van der Waals surface area contributed by atoms with Gasteiger partial charge in [-0.3, -0.25) is 10.1 Å². The molecule has 0 saturated heterocycles. The van der Waals surface area contributed by atoms with Gasteiger partial charge in [0.25, 0.3) is 5.69 Å². The van der Waals surface area contributed by atoms with E-state index in [0.29, 0.717) is 31.0 Å². The number of rotatable bonds is 8. The molecule has 0 aliphatic carbocycles. The topological polar surface area (TPSA) is 67.6 Å². The van der Waals surface area contributed by atoms with Gasteiger partial charge in [-0.2, -0.15) is 0 Å². The van der Waals surface area contributed by atoms with Crippen molar-refractivity contribution in [2.45, 2.75) is 6.92 Å². The molecule has 1 N–H and O–H groups in total. The second-order valence-electron chi connectivity index (χ2n) is 4.72. The van der Waals surface area contributed by atoms with E-state index in [1.54, 1.807) is 6.92 Å². The zero-order valence-electron chi connectivity index (χ0n) is 12.0. The summed E-state index contributed by atoms with van der Waals surface area (Å²) in [5.74, 6) is -0.579. The van der Waals surface area contributed by atoms with Crippen LogP contribution in [-0.2, 0) is 4.74 Å². The van der Waals surface area contributed by atoms with Crippen LogP contribution in [-0.4, -0.2) is 50.2 Å². The Morgan fingerprint density at radius 3 is 2.70 bits per heavy atom. The molecule has 7 heteroatoms. The van der Waals surface area contributed by atoms with Crippen molar-refractivity contribution in [1.29, 1.82) is 0 Å². The summed E-state index contributed by atoms with van der Waals surface area (Å²) in [6, 6.07) is 2.37. The summed E-state index contributed by atoms with van der Waals surface area (Å²) < 4.78 is 18.7. The lowest BCUT2D eigenvalue weighted by Gasteiger charge is -2.11. The standard InChI is InChI=1S/C13H20FN3O3/c1-10-8-12(13(17(18)19)9-11(10)14)15-4-6-20-7-5-16(2)3/h8-9,15H,4-7H2,1-3H3. The number of likely N-dealkylation sites (N-methyl/N-ethyl adjacent to an activating group) is 1. The fourth-order valence-corrected chi connectivity index (χ4v) is 1.57. The molecule has 0 fully saturated rings. The van der Waals surface area contributed by atoms with Crippen molar-refractivity contribution in [3.8, 4) is 0 Å². The second-order valence-corrected chi connectivity index (χ2v) is 4.72. The first-order valence-corrected chi connectivity index (χ1v) is 6.32. The Balaban J connectivity index is 2.51. The third-order valence-electron chi connectivity index (χ3n) is 2.72. The molecule has 0 heterocycles. The number of hydrogen-bond acceptors (Lipinski definition) is 5. The van der Waals surface area contributed by atoms with Gasteiger partial charge in [-0.05, 0) is 32.6 Å². The molecule has 20 heavy (non-hydrogen) atoms. The molecule has 0 saturated carbocycles. The van der Waals surface area contributed by atoms with E-state index in [9.17, 15) is 14.5 Å². The summed E-state index contributed by atoms with van der Waals surface area (Å²) in [4.78, 5) is 12.3. The maximum Gasteiger partial charge on any atom is 0.295 e. The maximum atomic E-state index is 13.3. The SMILES string of the molecule is Cc1cc(NCCOCCN(C)C)c([N+](=O)[O-])cc1F. The molecule has 112 valence electrons. The minimum atomic E-state index is -0.599. The number of nitrogens with zero attached hydrogens (tertiary/aromatic N) is 2. The average molecular weight is 285 g/mol. The normalized spacial score (nSPS) is 10.8. The summed E-state index contributed by atoms with van der Waals surface area (Å²) >= 11 is 0. The van der Waals surface area contributed by atoms with Gasteiger partial charge in [0.15, 0.2) is 0 Å². The van der Waals surface area contributed by atoms with Crippen molar-refractivity contribution in [1.82, 2.24) is 4.90 Å². The van der Waals surface area contributed by atoms with Crippen molar-refractivity contribution in [3.63, 3.8) is 0 Å². The van der Waals surface area contributed by atoms with Gasteiger partial charge < -0.3 is 15.0 Å². The molecule has 1 rings (SSSR count). The van der Waals surface area contributed by atoms with Crippen LogP contribution in [0.4, 0.5) is 15.8 Å². The van der Waals surface area contributed by atoms with Crippen LogP contribution in [0.2, 0.25) is 0 Å². The van der Waals surface area contributed by atoms with Crippen molar-refractivity contribution >= 4 is 11.4 Å². The van der Waals surface area contributed by atoms with E-state index in [1.807, 2.05) is 19.0 Å². The van der Waals surface area contributed by atoms with Crippen molar-refractivity contribution in [3.05, 3.63) is 33.6 Å². The summed E-state index contributed by atoms with van der Waals surface area (Å²) in [5.41, 5.74) is 0.415. The van der Waals surface area contributed by atoms with E-state index in [-0.39, 0.29) is 5.69 Å². The summed E-state index contributed by atoms with van der Waals surface area (Å²) in [7, 11) is 3.90. The molecule has 0 amide bonds. The third-order valence-corrected chi connectivity index (χ3v) is 2.72. The smallest absolute Gasteiger partial charge is 0.295 e. The van der Waals surface area contributed by atoms with E-state index < -0.39 is 10.7 Å². The Kier molecular flexibility index (Phi) is 6.33. The number of anilines is 1. The first kappa shape index (κ1) is 16.3. The fourth-order valence-electron chi connectivity index (χ4n) is 1.57. The van der Waals surface area contributed by atoms with Gasteiger partial charge in [0.05, 0.1) is 24.2 Å². The summed E-state index contributed by atoms with van der Waals surface area (Å²) in [6.07, 6.45) is 0. The number of nitro benzene ring substituents is 1. The van der Waals surface area contributed by atoms with Gasteiger partial charge in [0, 0.05) is 13.1 Å². The number of hydrogen-bond donors (Lipinski definition) is 1. The van der Waals surface area contributed by atoms with Crippen LogP contribution in [0, 0.1) is 22.9 Å². The molecule has 0 unspecified atom stereocenters. The first-order valence-electron chi connectivity index (χ1n) is 6.32. The van der Waals surface area contributed by atoms with E-state index in [0.717, 1.165) is 12.6 Å². The predicted octanol–water partition coefficient (Wildman–Crippen LogP) is 2.03. The number of aryl methyl sites for hydroxylation is 1. The Morgan fingerprint density at radius 2 is 2.10 bits per heavy atom. The van der Waals surface area contributed by atoms with Crippen LogP contribution in [0.25, 0.3) is 0 Å². The third kappa shape index (κ3) is 5.10. The molecule has 0 spiro atoms. The average Bonchev–Trinajstić information content (AvgIpc) is 2.36. The van der Waals surface area contributed by atoms with E-state index in [4.69, 9.17) is 4.74 Å². The lowest BCUT2D eigenvalue weighted by Crippen LogP contribution is -2.20. The maximum absolute atomic E-state index is 13.3. The Hall–Kier alpha value is -1.73. The van der Waals surface area contributed by atoms with Gasteiger partial charge in [0.2, 0.25) is 0 Å². The van der Waals surface area contributed by atoms with E-state index >= 15 is 0 Å². The fraction of sp³-hybridized carbons (Fsp3) is 0.538. The molecule has 1 aromatic carbocycles. The molecule has 1 aromatic rings. The van der Waals surface area contributed by atoms with Crippen molar-refractivity contribution in [2.24, 2.45) is 0 Å². The number of halogens is 1. The summed E-state index contributed by atoms with van der Waals surface area (Å²) in [5, 5.41) is 13.8. The molecule has 0 atom stereocenters. The molecule has 6 nitrogen and oxygen atoms in total. The highest BCUT2D eigenvalue weighted by Gasteiger charge is 2.16. The van der Waals surface area contributed by atoms with Gasteiger partial charge in [-0.1, -0.05) is 0 Å². The van der Waals surface area contributed by atoms with Gasteiger partial charge in [0.1, 0.15) is 11.5 Å². The van der Waals surface area contributed by atoms with Crippen LogP contribution < -0.4 is 5.32 Å². The largest absolute Gasteiger partial charge is 0.378 e.